The standard InChI is InChI=1S/C14H13N3O4/c1-10-5-4-8-13(15-10)16-14(18)9-21-12-7-3-2-6-11(12)17(19)20/h2-8H,9H2,1H3,(H,15,16,18). The highest BCUT2D eigenvalue weighted by Crippen LogP contribution is 2.25. The Hall–Kier alpha value is -2.96. The molecule has 1 amide bonds. The number of pyridine rings is 1. The van der Waals surface area contributed by atoms with Crippen LogP contribution >= 0.6 is 0 Å². The van der Waals surface area contributed by atoms with Crippen LogP contribution in [0.5, 0.6) is 5.75 Å². The Bertz CT molecular complexity index is 673. The average Bonchev–Trinajstić information content (AvgIpc) is 2.45. The lowest BCUT2D eigenvalue weighted by atomic mass is 10.3. The number of nitrogens with zero attached hydrogens (tertiary/aromatic N) is 2. The van der Waals surface area contributed by atoms with Gasteiger partial charge in [-0.05, 0) is 25.1 Å². The van der Waals surface area contributed by atoms with Gasteiger partial charge in [0.25, 0.3) is 5.91 Å². The molecule has 0 saturated heterocycles. The van der Waals surface area contributed by atoms with Crippen LogP contribution in [-0.4, -0.2) is 22.4 Å². The summed E-state index contributed by atoms with van der Waals surface area (Å²) in [5.74, 6) is 0.0206. The molecule has 21 heavy (non-hydrogen) atoms. The van der Waals surface area contributed by atoms with Crippen LogP contribution in [0.2, 0.25) is 0 Å². The van der Waals surface area contributed by atoms with Crippen molar-refractivity contribution in [3.8, 4) is 5.75 Å². The Morgan fingerprint density at radius 2 is 2.05 bits per heavy atom. The first-order valence-electron chi connectivity index (χ1n) is 6.16. The summed E-state index contributed by atoms with van der Waals surface area (Å²) in [6, 6.07) is 11.1. The molecule has 0 aliphatic heterocycles. The number of ether oxygens (including phenoxy) is 1. The Morgan fingerprint density at radius 3 is 2.76 bits per heavy atom. The number of carbonyl (C=O) groups is 1. The molecule has 1 aromatic carbocycles. The molecule has 0 aliphatic carbocycles. The van der Waals surface area contributed by atoms with Crippen molar-refractivity contribution < 1.29 is 14.5 Å². The number of nitrogens with one attached hydrogen (secondary N) is 1. The Balaban J connectivity index is 1.97. The predicted octanol–water partition coefficient (Wildman–Crippen LogP) is 2.32. The number of carbonyl (C=O) groups excluding carboxylic acids is 1. The summed E-state index contributed by atoms with van der Waals surface area (Å²) >= 11 is 0. The van der Waals surface area contributed by atoms with E-state index in [-0.39, 0.29) is 18.0 Å². The maximum absolute atomic E-state index is 11.7. The number of aromatic nitrogens is 1. The van der Waals surface area contributed by atoms with Crippen molar-refractivity contribution in [1.82, 2.24) is 4.98 Å². The number of aryl methyl sites for hydroxylation is 1. The molecule has 0 spiro atoms. The van der Waals surface area contributed by atoms with Crippen molar-refractivity contribution >= 4 is 17.4 Å². The summed E-state index contributed by atoms with van der Waals surface area (Å²) in [6.07, 6.45) is 0. The van der Waals surface area contributed by atoms with Crippen LogP contribution in [0.25, 0.3) is 0 Å². The van der Waals surface area contributed by atoms with E-state index in [2.05, 4.69) is 10.3 Å². The molecule has 0 saturated carbocycles. The fourth-order valence-electron chi connectivity index (χ4n) is 1.66. The number of amides is 1. The Labute approximate surface area is 120 Å². The van der Waals surface area contributed by atoms with Gasteiger partial charge in [0.05, 0.1) is 4.92 Å². The molecule has 1 heterocycles. The van der Waals surface area contributed by atoms with Crippen LogP contribution in [0.3, 0.4) is 0 Å². The van der Waals surface area contributed by atoms with Gasteiger partial charge >= 0.3 is 5.69 Å². The van der Waals surface area contributed by atoms with Gasteiger partial charge in [-0.15, -0.1) is 0 Å². The van der Waals surface area contributed by atoms with E-state index in [0.717, 1.165) is 5.69 Å². The lowest BCUT2D eigenvalue weighted by Crippen LogP contribution is -2.21. The van der Waals surface area contributed by atoms with Crippen LogP contribution in [-0.2, 0) is 4.79 Å². The maximum atomic E-state index is 11.7. The summed E-state index contributed by atoms with van der Waals surface area (Å²) in [7, 11) is 0. The molecule has 2 aromatic rings. The zero-order valence-corrected chi connectivity index (χ0v) is 11.3. The molecule has 0 unspecified atom stereocenters. The monoisotopic (exact) mass is 287 g/mol. The zero-order chi connectivity index (χ0) is 15.2. The van der Waals surface area contributed by atoms with Crippen LogP contribution in [0, 0.1) is 17.0 Å². The minimum atomic E-state index is -0.560. The van der Waals surface area contributed by atoms with Crippen molar-refractivity contribution in [2.45, 2.75) is 6.92 Å². The third kappa shape index (κ3) is 4.00. The molecular weight excluding hydrogens is 274 g/mol. The first-order chi connectivity index (χ1) is 10.1. The van der Waals surface area contributed by atoms with E-state index in [1.165, 1.54) is 18.2 Å². The number of hydrogen-bond acceptors (Lipinski definition) is 5. The molecule has 0 atom stereocenters. The highest BCUT2D eigenvalue weighted by molar-refractivity contribution is 5.91. The quantitative estimate of drug-likeness (QED) is 0.672. The van der Waals surface area contributed by atoms with E-state index in [1.54, 1.807) is 31.2 Å². The van der Waals surface area contributed by atoms with E-state index >= 15 is 0 Å². The smallest absolute Gasteiger partial charge is 0.310 e. The fraction of sp³-hybridized carbons (Fsp3) is 0.143. The van der Waals surface area contributed by atoms with Gasteiger partial charge < -0.3 is 10.1 Å². The molecule has 0 radical (unpaired) electrons. The zero-order valence-electron chi connectivity index (χ0n) is 11.3. The number of hydrogen-bond donors (Lipinski definition) is 1. The number of para-hydroxylation sites is 2. The summed E-state index contributed by atoms with van der Waals surface area (Å²) < 4.78 is 5.18. The Kier molecular flexibility index (Phi) is 4.45. The van der Waals surface area contributed by atoms with Crippen molar-refractivity contribution in [3.63, 3.8) is 0 Å². The molecule has 1 aromatic heterocycles. The third-order valence-electron chi connectivity index (χ3n) is 2.58. The molecule has 1 N–H and O–H groups in total. The van der Waals surface area contributed by atoms with Crippen LogP contribution < -0.4 is 10.1 Å². The second-order valence-corrected chi connectivity index (χ2v) is 4.23. The minimum absolute atomic E-state index is 0.0508. The van der Waals surface area contributed by atoms with Crippen molar-refractivity contribution in [3.05, 3.63) is 58.3 Å². The molecule has 2 rings (SSSR count). The summed E-state index contributed by atoms with van der Waals surface area (Å²) in [5, 5.41) is 13.4. The second-order valence-electron chi connectivity index (χ2n) is 4.23. The normalized spacial score (nSPS) is 9.95. The molecule has 0 aliphatic rings. The van der Waals surface area contributed by atoms with E-state index < -0.39 is 10.8 Å². The predicted molar refractivity (Wildman–Crippen MR) is 76.2 cm³/mol. The SMILES string of the molecule is Cc1cccc(NC(=O)COc2ccccc2[N+](=O)[O-])n1. The van der Waals surface area contributed by atoms with Crippen LogP contribution in [0.15, 0.2) is 42.5 Å². The van der Waals surface area contributed by atoms with Gasteiger partial charge in [-0.2, -0.15) is 0 Å². The highest BCUT2D eigenvalue weighted by atomic mass is 16.6. The Morgan fingerprint density at radius 1 is 1.29 bits per heavy atom. The van der Waals surface area contributed by atoms with Gasteiger partial charge in [0.15, 0.2) is 12.4 Å². The van der Waals surface area contributed by atoms with Crippen molar-refractivity contribution in [1.29, 1.82) is 0 Å². The van der Waals surface area contributed by atoms with Gasteiger partial charge in [0.1, 0.15) is 5.82 Å². The van der Waals surface area contributed by atoms with Gasteiger partial charge in [0.2, 0.25) is 0 Å². The number of rotatable bonds is 5. The van der Waals surface area contributed by atoms with Crippen LogP contribution in [0.4, 0.5) is 11.5 Å². The average molecular weight is 287 g/mol. The number of nitro benzene ring substituents is 1. The van der Waals surface area contributed by atoms with Crippen molar-refractivity contribution in [2.24, 2.45) is 0 Å². The molecule has 108 valence electrons. The molecule has 0 bridgehead atoms. The molecular formula is C14H13N3O4. The lowest BCUT2D eigenvalue weighted by molar-refractivity contribution is -0.385. The minimum Gasteiger partial charge on any atom is -0.477 e. The van der Waals surface area contributed by atoms with Crippen molar-refractivity contribution in [2.75, 3.05) is 11.9 Å². The molecule has 0 fully saturated rings. The van der Waals surface area contributed by atoms with E-state index in [9.17, 15) is 14.9 Å². The largest absolute Gasteiger partial charge is 0.477 e. The maximum Gasteiger partial charge on any atom is 0.310 e. The fourth-order valence-corrected chi connectivity index (χ4v) is 1.66. The van der Waals surface area contributed by atoms with Gasteiger partial charge in [-0.25, -0.2) is 4.98 Å². The summed E-state index contributed by atoms with van der Waals surface area (Å²) in [6.45, 7) is 1.47. The van der Waals surface area contributed by atoms with E-state index in [1.807, 2.05) is 0 Å². The summed E-state index contributed by atoms with van der Waals surface area (Å²) in [5.41, 5.74) is 0.589. The third-order valence-corrected chi connectivity index (χ3v) is 2.58. The highest BCUT2D eigenvalue weighted by Gasteiger charge is 2.15. The first kappa shape index (κ1) is 14.4. The van der Waals surface area contributed by atoms with Gasteiger partial charge in [-0.3, -0.25) is 14.9 Å². The number of benzene rings is 1. The number of anilines is 1. The van der Waals surface area contributed by atoms with Gasteiger partial charge in [0, 0.05) is 11.8 Å². The molecule has 7 heteroatoms. The second kappa shape index (κ2) is 6.47. The van der Waals surface area contributed by atoms with E-state index in [0.29, 0.717) is 5.82 Å². The van der Waals surface area contributed by atoms with Crippen LogP contribution in [0.1, 0.15) is 5.69 Å². The lowest BCUT2D eigenvalue weighted by Gasteiger charge is -2.07. The number of nitro groups is 1. The first-order valence-corrected chi connectivity index (χ1v) is 6.16. The summed E-state index contributed by atoms with van der Waals surface area (Å²) in [4.78, 5) is 26.1. The topological polar surface area (TPSA) is 94.4 Å². The van der Waals surface area contributed by atoms with Gasteiger partial charge in [-0.1, -0.05) is 18.2 Å². The van der Waals surface area contributed by atoms with E-state index in [4.69, 9.17) is 4.74 Å². The molecule has 7 nitrogen and oxygen atoms in total.